The predicted octanol–water partition coefficient (Wildman–Crippen LogP) is 3.03. The first-order valence-electron chi connectivity index (χ1n) is 7.17. The molecule has 1 aromatic rings. The van der Waals surface area contributed by atoms with Crippen LogP contribution in [0.4, 0.5) is 10.5 Å². The lowest BCUT2D eigenvalue weighted by Crippen LogP contribution is -2.57. The van der Waals surface area contributed by atoms with Gasteiger partial charge in [-0.25, -0.2) is 4.79 Å². The summed E-state index contributed by atoms with van der Waals surface area (Å²) in [5.74, 6) is 0.816. The fraction of sp³-hybridized carbons (Fsp3) is 0.562. The van der Waals surface area contributed by atoms with Crippen molar-refractivity contribution in [2.24, 2.45) is 0 Å². The second-order valence-corrected chi connectivity index (χ2v) is 6.43. The molecule has 0 atom stereocenters. The first-order chi connectivity index (χ1) is 9.78. The van der Waals surface area contributed by atoms with Crippen LogP contribution in [-0.4, -0.2) is 42.8 Å². The summed E-state index contributed by atoms with van der Waals surface area (Å²) in [7, 11) is 1.66. The number of carbonyl (C=O) groups excluding carboxylic acids is 1. The van der Waals surface area contributed by atoms with E-state index in [4.69, 9.17) is 9.47 Å². The molecule has 1 aliphatic rings. The van der Waals surface area contributed by atoms with Crippen LogP contribution in [0.5, 0.6) is 5.75 Å². The molecular formula is C16H24N2O3. The summed E-state index contributed by atoms with van der Waals surface area (Å²) in [6.07, 6.45) is -0.253. The molecule has 1 heterocycles. The first kappa shape index (κ1) is 15.5. The van der Waals surface area contributed by atoms with E-state index >= 15 is 0 Å². The van der Waals surface area contributed by atoms with E-state index in [1.54, 1.807) is 12.0 Å². The quantitative estimate of drug-likeness (QED) is 0.930. The third kappa shape index (κ3) is 4.03. The topological polar surface area (TPSA) is 50.8 Å². The van der Waals surface area contributed by atoms with Gasteiger partial charge in [0.15, 0.2) is 0 Å². The smallest absolute Gasteiger partial charge is 0.410 e. The van der Waals surface area contributed by atoms with E-state index < -0.39 is 5.60 Å². The first-order valence-corrected chi connectivity index (χ1v) is 7.17. The largest absolute Gasteiger partial charge is 0.495 e. The van der Waals surface area contributed by atoms with Crippen molar-refractivity contribution in [3.8, 4) is 5.75 Å². The molecule has 0 unspecified atom stereocenters. The van der Waals surface area contributed by atoms with Crippen LogP contribution in [-0.2, 0) is 4.74 Å². The maximum Gasteiger partial charge on any atom is 0.410 e. The van der Waals surface area contributed by atoms with Crippen molar-refractivity contribution >= 4 is 11.8 Å². The lowest BCUT2D eigenvalue weighted by molar-refractivity contribution is 0.0105. The Morgan fingerprint density at radius 1 is 1.33 bits per heavy atom. The minimum Gasteiger partial charge on any atom is -0.495 e. The van der Waals surface area contributed by atoms with Crippen molar-refractivity contribution in [2.45, 2.75) is 39.3 Å². The van der Waals surface area contributed by atoms with Gasteiger partial charge in [-0.2, -0.15) is 0 Å². The van der Waals surface area contributed by atoms with E-state index in [0.29, 0.717) is 13.1 Å². The molecule has 1 N–H and O–H groups in total. The molecule has 1 amide bonds. The summed E-state index contributed by atoms with van der Waals surface area (Å²) in [5, 5.41) is 3.41. The van der Waals surface area contributed by atoms with Crippen molar-refractivity contribution in [3.63, 3.8) is 0 Å². The highest BCUT2D eigenvalue weighted by atomic mass is 16.6. The average molecular weight is 292 g/mol. The van der Waals surface area contributed by atoms with Crippen molar-refractivity contribution in [2.75, 3.05) is 25.5 Å². The number of rotatable bonds is 3. The molecule has 1 aliphatic heterocycles. The van der Waals surface area contributed by atoms with Crippen LogP contribution < -0.4 is 10.1 Å². The SMILES string of the molecule is COc1ccc(C)cc1NC1CN(C(=O)OC(C)(C)C)C1. The van der Waals surface area contributed by atoms with E-state index in [-0.39, 0.29) is 12.1 Å². The second kappa shape index (κ2) is 5.84. The third-order valence-corrected chi connectivity index (χ3v) is 3.25. The van der Waals surface area contributed by atoms with Crippen LogP contribution in [0, 0.1) is 6.92 Å². The van der Waals surface area contributed by atoms with Gasteiger partial charge in [0.2, 0.25) is 0 Å². The Hall–Kier alpha value is -1.91. The summed E-state index contributed by atoms with van der Waals surface area (Å²) < 4.78 is 10.7. The summed E-state index contributed by atoms with van der Waals surface area (Å²) in [6, 6.07) is 6.24. The number of hydrogen-bond donors (Lipinski definition) is 1. The Morgan fingerprint density at radius 2 is 2.00 bits per heavy atom. The fourth-order valence-electron chi connectivity index (χ4n) is 2.20. The van der Waals surface area contributed by atoms with Gasteiger partial charge in [-0.05, 0) is 45.4 Å². The number of likely N-dealkylation sites (tertiary alicyclic amines) is 1. The third-order valence-electron chi connectivity index (χ3n) is 3.25. The van der Waals surface area contributed by atoms with Gasteiger partial charge in [0.1, 0.15) is 11.4 Å². The minimum absolute atomic E-state index is 0.230. The zero-order valence-electron chi connectivity index (χ0n) is 13.4. The zero-order valence-corrected chi connectivity index (χ0v) is 13.4. The number of anilines is 1. The standard InChI is InChI=1S/C16H24N2O3/c1-11-6-7-14(20-5)13(8-11)17-12-9-18(10-12)15(19)21-16(2,3)4/h6-8,12,17H,9-10H2,1-5H3. The van der Waals surface area contributed by atoms with Gasteiger partial charge in [-0.1, -0.05) is 6.07 Å². The molecule has 0 radical (unpaired) electrons. The fourth-order valence-corrected chi connectivity index (χ4v) is 2.20. The summed E-state index contributed by atoms with van der Waals surface area (Å²) in [6.45, 7) is 8.95. The van der Waals surface area contributed by atoms with Gasteiger partial charge in [-0.3, -0.25) is 0 Å². The Labute approximate surface area is 126 Å². The van der Waals surface area contributed by atoms with Gasteiger partial charge >= 0.3 is 6.09 Å². The Kier molecular flexibility index (Phi) is 4.30. The number of methoxy groups -OCH3 is 1. The number of hydrogen-bond acceptors (Lipinski definition) is 4. The van der Waals surface area contributed by atoms with E-state index in [1.807, 2.05) is 39.8 Å². The van der Waals surface area contributed by atoms with Crippen LogP contribution in [0.25, 0.3) is 0 Å². The molecule has 0 bridgehead atoms. The highest BCUT2D eigenvalue weighted by molar-refractivity contribution is 5.70. The van der Waals surface area contributed by atoms with Crippen LogP contribution in [0.1, 0.15) is 26.3 Å². The molecule has 5 heteroatoms. The summed E-state index contributed by atoms with van der Waals surface area (Å²) in [4.78, 5) is 13.6. The van der Waals surface area contributed by atoms with Crippen LogP contribution in [0.3, 0.4) is 0 Å². The Bertz CT molecular complexity index is 517. The monoisotopic (exact) mass is 292 g/mol. The summed E-state index contributed by atoms with van der Waals surface area (Å²) in [5.41, 5.74) is 1.68. The van der Waals surface area contributed by atoms with Gasteiger partial charge < -0.3 is 19.7 Å². The lowest BCUT2D eigenvalue weighted by atomic mass is 10.1. The number of nitrogens with zero attached hydrogens (tertiary/aromatic N) is 1. The molecule has 1 fully saturated rings. The number of benzene rings is 1. The van der Waals surface area contributed by atoms with Crippen molar-refractivity contribution in [3.05, 3.63) is 23.8 Å². The molecule has 0 spiro atoms. The second-order valence-electron chi connectivity index (χ2n) is 6.43. The molecule has 5 nitrogen and oxygen atoms in total. The highest BCUT2D eigenvalue weighted by Gasteiger charge is 2.33. The Balaban J connectivity index is 1.88. The zero-order chi connectivity index (χ0) is 15.6. The van der Waals surface area contributed by atoms with Crippen LogP contribution >= 0.6 is 0 Å². The van der Waals surface area contributed by atoms with Gasteiger partial charge in [-0.15, -0.1) is 0 Å². The molecule has 0 saturated carbocycles. The molecule has 1 saturated heterocycles. The highest BCUT2D eigenvalue weighted by Crippen LogP contribution is 2.27. The van der Waals surface area contributed by atoms with Crippen LogP contribution in [0.2, 0.25) is 0 Å². The Morgan fingerprint density at radius 3 is 2.57 bits per heavy atom. The van der Waals surface area contributed by atoms with Gasteiger partial charge in [0.05, 0.1) is 18.8 Å². The number of ether oxygens (including phenoxy) is 2. The maximum absolute atomic E-state index is 11.9. The van der Waals surface area contributed by atoms with Crippen molar-refractivity contribution in [1.82, 2.24) is 4.90 Å². The van der Waals surface area contributed by atoms with E-state index in [9.17, 15) is 4.79 Å². The minimum atomic E-state index is -0.449. The molecule has 21 heavy (non-hydrogen) atoms. The van der Waals surface area contributed by atoms with Crippen molar-refractivity contribution < 1.29 is 14.3 Å². The molecule has 0 aliphatic carbocycles. The summed E-state index contributed by atoms with van der Waals surface area (Å²) >= 11 is 0. The van der Waals surface area contributed by atoms with E-state index in [1.165, 1.54) is 5.56 Å². The molecular weight excluding hydrogens is 268 g/mol. The maximum atomic E-state index is 11.9. The molecule has 0 aromatic heterocycles. The van der Waals surface area contributed by atoms with Gasteiger partial charge in [0, 0.05) is 13.1 Å². The molecule has 116 valence electrons. The van der Waals surface area contributed by atoms with Crippen molar-refractivity contribution in [1.29, 1.82) is 0 Å². The number of aryl methyl sites for hydroxylation is 1. The van der Waals surface area contributed by atoms with Crippen LogP contribution in [0.15, 0.2) is 18.2 Å². The number of nitrogens with one attached hydrogen (secondary N) is 1. The lowest BCUT2D eigenvalue weighted by Gasteiger charge is -2.40. The predicted molar refractivity (Wildman–Crippen MR) is 82.9 cm³/mol. The molecule has 2 rings (SSSR count). The number of amides is 1. The van der Waals surface area contributed by atoms with E-state index in [0.717, 1.165) is 11.4 Å². The van der Waals surface area contributed by atoms with Gasteiger partial charge in [0.25, 0.3) is 0 Å². The number of carbonyl (C=O) groups is 1. The average Bonchev–Trinajstić information content (AvgIpc) is 2.31. The molecule has 1 aromatic carbocycles. The van der Waals surface area contributed by atoms with E-state index in [2.05, 4.69) is 11.4 Å². The normalized spacial score (nSPS) is 15.4.